The van der Waals surface area contributed by atoms with Gasteiger partial charge in [0.1, 0.15) is 11.7 Å². The maximum Gasteiger partial charge on any atom is 0.126 e. The monoisotopic (exact) mass is 215 g/mol. The van der Waals surface area contributed by atoms with Gasteiger partial charge in [0, 0.05) is 12.8 Å². The van der Waals surface area contributed by atoms with Crippen LogP contribution in [0.3, 0.4) is 0 Å². The highest BCUT2D eigenvalue weighted by atomic mass is 32.2. The van der Waals surface area contributed by atoms with Crippen molar-refractivity contribution >= 4 is 16.5 Å². The zero-order chi connectivity index (χ0) is 10.6. The molecule has 1 atom stereocenters. The van der Waals surface area contributed by atoms with Gasteiger partial charge in [-0.1, -0.05) is 0 Å². The minimum atomic E-state index is -1.23. The molecule has 1 aromatic rings. The van der Waals surface area contributed by atoms with Gasteiger partial charge in [0.2, 0.25) is 0 Å². The fraction of sp³-hybridized carbons (Fsp3) is 0.333. The van der Waals surface area contributed by atoms with Gasteiger partial charge in [0.15, 0.2) is 0 Å². The summed E-state index contributed by atoms with van der Waals surface area (Å²) in [6.45, 7) is 0. The lowest BCUT2D eigenvalue weighted by Gasteiger charge is -2.07. The molecule has 4 nitrogen and oxygen atoms in total. The van der Waals surface area contributed by atoms with Crippen LogP contribution in [-0.2, 0) is 15.5 Å². The molecule has 0 aliphatic rings. The number of benzene rings is 1. The summed E-state index contributed by atoms with van der Waals surface area (Å²) in [5, 5.41) is 0. The van der Waals surface area contributed by atoms with E-state index in [0.29, 0.717) is 16.3 Å². The summed E-state index contributed by atoms with van der Waals surface area (Å²) in [6, 6.07) is 5.05. The van der Waals surface area contributed by atoms with Crippen LogP contribution in [0.25, 0.3) is 0 Å². The van der Waals surface area contributed by atoms with Crippen LogP contribution in [-0.4, -0.2) is 24.4 Å². The smallest absolute Gasteiger partial charge is 0.126 e. The van der Waals surface area contributed by atoms with Crippen LogP contribution in [0.2, 0.25) is 0 Å². The van der Waals surface area contributed by atoms with E-state index in [1.807, 2.05) is 0 Å². The zero-order valence-electron chi connectivity index (χ0n) is 8.15. The lowest BCUT2D eigenvalue weighted by atomic mass is 10.3. The van der Waals surface area contributed by atoms with E-state index in [4.69, 9.17) is 15.2 Å². The summed E-state index contributed by atoms with van der Waals surface area (Å²) in [6.07, 6.45) is 0. The lowest BCUT2D eigenvalue weighted by molar-refractivity contribution is 0.254. The number of ether oxygens (including phenoxy) is 2. The Labute approximate surface area is 85.5 Å². The molecule has 1 aromatic carbocycles. The first-order chi connectivity index (χ1) is 6.69. The Morgan fingerprint density at radius 3 is 2.71 bits per heavy atom. The largest absolute Gasteiger partial charge is 0.497 e. The Kier molecular flexibility index (Phi) is 3.91. The van der Waals surface area contributed by atoms with Gasteiger partial charge in [-0.25, -0.2) is 0 Å². The molecule has 78 valence electrons. The second kappa shape index (κ2) is 4.97. The number of hydrogen-bond donors (Lipinski definition) is 1. The molecule has 0 radical (unpaired) electrons. The molecular weight excluding hydrogens is 202 g/mol. The molecule has 0 bridgehead atoms. The lowest BCUT2D eigenvalue weighted by Crippen LogP contribution is -2.03. The highest BCUT2D eigenvalue weighted by Crippen LogP contribution is 2.22. The summed E-state index contributed by atoms with van der Waals surface area (Å²) in [7, 11) is 1.81. The van der Waals surface area contributed by atoms with Gasteiger partial charge in [0.25, 0.3) is 0 Å². The van der Waals surface area contributed by atoms with Crippen molar-refractivity contribution in [3.8, 4) is 5.75 Å². The van der Waals surface area contributed by atoms with Crippen molar-refractivity contribution in [1.29, 1.82) is 0 Å². The first-order valence-corrected chi connectivity index (χ1v) is 5.31. The van der Waals surface area contributed by atoms with Crippen LogP contribution in [0.5, 0.6) is 5.75 Å². The first-order valence-electron chi connectivity index (χ1n) is 4.00. The minimum Gasteiger partial charge on any atom is -0.497 e. The number of rotatable bonds is 4. The minimum absolute atomic E-state index is 0.136. The van der Waals surface area contributed by atoms with E-state index in [-0.39, 0.29) is 5.94 Å². The van der Waals surface area contributed by atoms with Crippen molar-refractivity contribution < 1.29 is 13.7 Å². The average Bonchev–Trinajstić information content (AvgIpc) is 2.19. The maximum atomic E-state index is 11.6. The average molecular weight is 215 g/mol. The standard InChI is InChI=1S/C9H13NO3S/c1-12-6-14(11)9-5-7(13-2)3-4-8(9)10/h3-5H,6,10H2,1-2H3. The van der Waals surface area contributed by atoms with Gasteiger partial charge in [-0.15, -0.1) is 0 Å². The van der Waals surface area contributed by atoms with Crippen LogP contribution in [0.4, 0.5) is 5.69 Å². The van der Waals surface area contributed by atoms with Crippen LogP contribution < -0.4 is 10.5 Å². The third kappa shape index (κ3) is 2.46. The Hall–Kier alpha value is -1.07. The normalized spacial score (nSPS) is 12.4. The van der Waals surface area contributed by atoms with E-state index in [9.17, 15) is 4.21 Å². The second-order valence-electron chi connectivity index (χ2n) is 2.66. The fourth-order valence-corrected chi connectivity index (χ4v) is 1.93. The predicted molar refractivity (Wildman–Crippen MR) is 55.7 cm³/mol. The summed E-state index contributed by atoms with van der Waals surface area (Å²) in [5.74, 6) is 0.774. The Morgan fingerprint density at radius 2 is 2.14 bits per heavy atom. The number of nitrogens with two attached hydrogens (primary N) is 1. The molecule has 1 rings (SSSR count). The maximum absolute atomic E-state index is 11.6. The van der Waals surface area contributed by atoms with E-state index in [1.165, 1.54) is 7.11 Å². The topological polar surface area (TPSA) is 61.5 Å². The summed E-state index contributed by atoms with van der Waals surface area (Å²) in [5.41, 5.74) is 6.16. The van der Waals surface area contributed by atoms with Crippen molar-refractivity contribution in [2.75, 3.05) is 25.9 Å². The van der Waals surface area contributed by atoms with Gasteiger partial charge < -0.3 is 15.2 Å². The van der Waals surface area contributed by atoms with Crippen LogP contribution in [0, 0.1) is 0 Å². The van der Waals surface area contributed by atoms with E-state index in [2.05, 4.69) is 0 Å². The predicted octanol–water partition coefficient (Wildman–Crippen LogP) is 0.989. The van der Waals surface area contributed by atoms with Gasteiger partial charge in [-0.2, -0.15) is 0 Å². The van der Waals surface area contributed by atoms with Crippen molar-refractivity contribution in [2.24, 2.45) is 0 Å². The van der Waals surface area contributed by atoms with E-state index >= 15 is 0 Å². The molecule has 1 unspecified atom stereocenters. The van der Waals surface area contributed by atoms with Crippen LogP contribution in [0.1, 0.15) is 0 Å². The zero-order valence-corrected chi connectivity index (χ0v) is 8.97. The second-order valence-corrected chi connectivity index (χ2v) is 4.02. The molecule has 0 aromatic heterocycles. The molecule has 14 heavy (non-hydrogen) atoms. The first kappa shape index (κ1) is 11.0. The summed E-state index contributed by atoms with van der Waals surface area (Å²) < 4.78 is 21.4. The molecule has 0 saturated heterocycles. The third-order valence-corrected chi connectivity index (χ3v) is 2.98. The molecule has 0 fully saturated rings. The molecular formula is C9H13NO3S. The van der Waals surface area contributed by atoms with Gasteiger partial charge in [-0.3, -0.25) is 4.21 Å². The quantitative estimate of drug-likeness (QED) is 0.761. The van der Waals surface area contributed by atoms with E-state index in [1.54, 1.807) is 25.3 Å². The highest BCUT2D eigenvalue weighted by Gasteiger charge is 2.08. The molecule has 5 heteroatoms. The molecule has 0 heterocycles. The Morgan fingerprint density at radius 1 is 1.43 bits per heavy atom. The number of nitrogen functional groups attached to an aromatic ring is 1. The Balaban J connectivity index is 2.99. The third-order valence-electron chi connectivity index (χ3n) is 1.69. The summed E-state index contributed by atoms with van der Waals surface area (Å²) in [4.78, 5) is 0.547. The number of anilines is 1. The SMILES string of the molecule is COCS(=O)c1cc(OC)ccc1N. The van der Waals surface area contributed by atoms with Crippen molar-refractivity contribution in [3.63, 3.8) is 0 Å². The molecule has 0 aliphatic carbocycles. The number of hydrogen-bond acceptors (Lipinski definition) is 4. The molecule has 0 spiro atoms. The molecule has 0 saturated carbocycles. The molecule has 0 amide bonds. The molecule has 2 N–H and O–H groups in total. The Bertz CT molecular complexity index is 341. The van der Waals surface area contributed by atoms with Crippen molar-refractivity contribution in [3.05, 3.63) is 18.2 Å². The highest BCUT2D eigenvalue weighted by molar-refractivity contribution is 7.85. The van der Waals surface area contributed by atoms with E-state index in [0.717, 1.165) is 0 Å². The van der Waals surface area contributed by atoms with Crippen LogP contribution >= 0.6 is 0 Å². The van der Waals surface area contributed by atoms with E-state index < -0.39 is 10.8 Å². The van der Waals surface area contributed by atoms with Crippen molar-refractivity contribution in [2.45, 2.75) is 4.90 Å². The fourth-order valence-electron chi connectivity index (χ4n) is 1.01. The van der Waals surface area contributed by atoms with Gasteiger partial charge >= 0.3 is 0 Å². The van der Waals surface area contributed by atoms with Gasteiger partial charge in [0.05, 0.1) is 22.8 Å². The van der Waals surface area contributed by atoms with Crippen molar-refractivity contribution in [1.82, 2.24) is 0 Å². The number of methoxy groups -OCH3 is 2. The van der Waals surface area contributed by atoms with Crippen LogP contribution in [0.15, 0.2) is 23.1 Å². The summed E-state index contributed by atoms with van der Waals surface area (Å²) >= 11 is 0. The molecule has 0 aliphatic heterocycles. The van der Waals surface area contributed by atoms with Gasteiger partial charge in [-0.05, 0) is 18.2 Å².